The Morgan fingerprint density at radius 1 is 1.19 bits per heavy atom. The number of carbonyl (C=O) groups excluding carboxylic acids is 1. The van der Waals surface area contributed by atoms with Crippen molar-refractivity contribution in [3.63, 3.8) is 0 Å². The van der Waals surface area contributed by atoms with E-state index in [2.05, 4.69) is 27.3 Å². The molecule has 5 rings (SSSR count). The first-order chi connectivity index (χ1) is 15.2. The molecule has 4 aromatic rings. The van der Waals surface area contributed by atoms with Crippen molar-refractivity contribution >= 4 is 22.6 Å². The van der Waals surface area contributed by atoms with E-state index in [-0.39, 0.29) is 11.8 Å². The second-order valence-electron chi connectivity index (χ2n) is 8.21. The molecular formula is C25H26N4O2. The molecule has 0 aliphatic carbocycles. The van der Waals surface area contributed by atoms with Gasteiger partial charge in [-0.25, -0.2) is 4.98 Å². The predicted octanol–water partition coefficient (Wildman–Crippen LogP) is 4.78. The van der Waals surface area contributed by atoms with Crippen molar-refractivity contribution in [1.29, 1.82) is 0 Å². The van der Waals surface area contributed by atoms with Gasteiger partial charge in [0.05, 0.1) is 12.5 Å². The average molecular weight is 415 g/mol. The number of para-hydroxylation sites is 1. The number of rotatable bonds is 5. The standard InChI is InChI=1S/C25H26N4O2/c1-18-26-12-14-29(18)22-10-8-21(9-11-22)27-25(30)20-6-4-13-28(16-20)17-23-15-19-5-2-3-7-24(19)31-23/h2-3,5,7-12,14-15,20H,4,6,13,16-17H2,1H3,(H,27,30)/t20-/m0/s1. The van der Waals surface area contributed by atoms with Gasteiger partial charge in [-0.3, -0.25) is 9.69 Å². The molecule has 2 aromatic carbocycles. The number of piperidine rings is 1. The molecule has 2 aromatic heterocycles. The normalized spacial score (nSPS) is 17.1. The molecule has 0 spiro atoms. The maximum absolute atomic E-state index is 12.9. The average Bonchev–Trinajstić information content (AvgIpc) is 3.40. The SMILES string of the molecule is Cc1nccn1-c1ccc(NC(=O)[C@H]2CCCN(Cc3cc4ccccc4o3)C2)cc1. The summed E-state index contributed by atoms with van der Waals surface area (Å²) in [5.41, 5.74) is 2.77. The quantitative estimate of drug-likeness (QED) is 0.511. The highest BCUT2D eigenvalue weighted by atomic mass is 16.3. The van der Waals surface area contributed by atoms with Crippen LogP contribution < -0.4 is 5.32 Å². The number of nitrogens with zero attached hydrogens (tertiary/aromatic N) is 3. The Hall–Kier alpha value is -3.38. The number of aryl methyl sites for hydroxylation is 1. The lowest BCUT2D eigenvalue weighted by Crippen LogP contribution is -2.40. The van der Waals surface area contributed by atoms with Gasteiger partial charge in [-0.15, -0.1) is 0 Å². The summed E-state index contributed by atoms with van der Waals surface area (Å²) < 4.78 is 7.98. The maximum Gasteiger partial charge on any atom is 0.228 e. The molecular weight excluding hydrogens is 388 g/mol. The van der Waals surface area contributed by atoms with Crippen LogP contribution in [0.3, 0.4) is 0 Å². The molecule has 1 saturated heterocycles. The number of anilines is 1. The first kappa shape index (κ1) is 19.6. The minimum atomic E-state index is -0.0197. The van der Waals surface area contributed by atoms with Crippen molar-refractivity contribution in [2.45, 2.75) is 26.3 Å². The Morgan fingerprint density at radius 3 is 2.81 bits per heavy atom. The molecule has 1 fully saturated rings. The van der Waals surface area contributed by atoms with E-state index in [0.29, 0.717) is 0 Å². The molecule has 0 unspecified atom stereocenters. The summed E-state index contributed by atoms with van der Waals surface area (Å²) in [5, 5.41) is 4.21. The van der Waals surface area contributed by atoms with Crippen LogP contribution in [0.2, 0.25) is 0 Å². The van der Waals surface area contributed by atoms with Crippen LogP contribution in [0, 0.1) is 12.8 Å². The Balaban J connectivity index is 1.21. The van der Waals surface area contributed by atoms with E-state index in [0.717, 1.165) is 66.4 Å². The number of nitrogens with one attached hydrogen (secondary N) is 1. The molecule has 1 atom stereocenters. The lowest BCUT2D eigenvalue weighted by molar-refractivity contribution is -0.121. The number of furan rings is 1. The second kappa shape index (κ2) is 8.40. The van der Waals surface area contributed by atoms with Crippen LogP contribution in [0.5, 0.6) is 0 Å². The number of imidazole rings is 1. The molecule has 0 bridgehead atoms. The zero-order valence-electron chi connectivity index (χ0n) is 17.6. The Bertz CT molecular complexity index is 1160. The molecule has 6 nitrogen and oxygen atoms in total. The monoisotopic (exact) mass is 414 g/mol. The highest BCUT2D eigenvalue weighted by Crippen LogP contribution is 2.24. The summed E-state index contributed by atoms with van der Waals surface area (Å²) in [5.74, 6) is 1.95. The Kier molecular flexibility index (Phi) is 5.30. The summed E-state index contributed by atoms with van der Waals surface area (Å²) in [6, 6.07) is 18.1. The summed E-state index contributed by atoms with van der Waals surface area (Å²) in [7, 11) is 0. The highest BCUT2D eigenvalue weighted by molar-refractivity contribution is 5.92. The van der Waals surface area contributed by atoms with E-state index >= 15 is 0 Å². The Labute approximate surface area is 181 Å². The lowest BCUT2D eigenvalue weighted by Gasteiger charge is -2.31. The van der Waals surface area contributed by atoms with Crippen LogP contribution in [0.1, 0.15) is 24.4 Å². The molecule has 158 valence electrons. The third-order valence-electron chi connectivity index (χ3n) is 5.97. The van der Waals surface area contributed by atoms with Gasteiger partial charge in [0.15, 0.2) is 0 Å². The third kappa shape index (κ3) is 4.25. The van der Waals surface area contributed by atoms with Gasteiger partial charge < -0.3 is 14.3 Å². The summed E-state index contributed by atoms with van der Waals surface area (Å²) in [6.07, 6.45) is 5.64. The largest absolute Gasteiger partial charge is 0.460 e. The van der Waals surface area contributed by atoms with Crippen LogP contribution in [-0.2, 0) is 11.3 Å². The first-order valence-electron chi connectivity index (χ1n) is 10.8. The zero-order valence-corrected chi connectivity index (χ0v) is 17.6. The van der Waals surface area contributed by atoms with Gasteiger partial charge in [0.2, 0.25) is 5.91 Å². The molecule has 31 heavy (non-hydrogen) atoms. The van der Waals surface area contributed by atoms with E-state index < -0.39 is 0 Å². The topological polar surface area (TPSA) is 63.3 Å². The number of fused-ring (bicyclic) bond motifs is 1. The van der Waals surface area contributed by atoms with Crippen molar-refractivity contribution in [3.05, 3.63) is 78.6 Å². The molecule has 1 N–H and O–H groups in total. The Morgan fingerprint density at radius 2 is 2.03 bits per heavy atom. The second-order valence-corrected chi connectivity index (χ2v) is 8.21. The fourth-order valence-electron chi connectivity index (χ4n) is 4.35. The van der Waals surface area contributed by atoms with Crippen LogP contribution in [0.25, 0.3) is 16.7 Å². The predicted molar refractivity (Wildman–Crippen MR) is 121 cm³/mol. The van der Waals surface area contributed by atoms with Crippen molar-refractivity contribution < 1.29 is 9.21 Å². The fraction of sp³-hybridized carbons (Fsp3) is 0.280. The van der Waals surface area contributed by atoms with Gasteiger partial charge in [0, 0.05) is 35.7 Å². The number of hydrogen-bond donors (Lipinski definition) is 1. The first-order valence-corrected chi connectivity index (χ1v) is 10.8. The van der Waals surface area contributed by atoms with E-state index in [1.165, 1.54) is 0 Å². The lowest BCUT2D eigenvalue weighted by atomic mass is 9.97. The van der Waals surface area contributed by atoms with E-state index in [4.69, 9.17) is 4.42 Å². The summed E-state index contributed by atoms with van der Waals surface area (Å²) >= 11 is 0. The number of amides is 1. The number of hydrogen-bond acceptors (Lipinski definition) is 4. The van der Waals surface area contributed by atoms with Crippen molar-refractivity contribution in [3.8, 4) is 5.69 Å². The van der Waals surface area contributed by atoms with Gasteiger partial charge in [0.25, 0.3) is 0 Å². The van der Waals surface area contributed by atoms with Gasteiger partial charge in [-0.05, 0) is 62.7 Å². The van der Waals surface area contributed by atoms with Crippen molar-refractivity contribution in [2.75, 3.05) is 18.4 Å². The molecule has 1 aliphatic heterocycles. The summed E-state index contributed by atoms with van der Waals surface area (Å²) in [6.45, 7) is 4.43. The minimum Gasteiger partial charge on any atom is -0.460 e. The molecule has 1 aliphatic rings. The molecule has 6 heteroatoms. The zero-order chi connectivity index (χ0) is 21.2. The van der Waals surface area contributed by atoms with Gasteiger partial charge in [0.1, 0.15) is 17.2 Å². The van der Waals surface area contributed by atoms with Crippen LogP contribution >= 0.6 is 0 Å². The minimum absolute atomic E-state index is 0.0197. The van der Waals surface area contributed by atoms with E-state index in [9.17, 15) is 4.79 Å². The molecule has 0 radical (unpaired) electrons. The van der Waals surface area contributed by atoms with Crippen molar-refractivity contribution in [2.24, 2.45) is 5.92 Å². The van der Waals surface area contributed by atoms with E-state index in [1.54, 1.807) is 6.20 Å². The van der Waals surface area contributed by atoms with Gasteiger partial charge in [-0.1, -0.05) is 18.2 Å². The number of carbonyl (C=O) groups is 1. The fourth-order valence-corrected chi connectivity index (χ4v) is 4.35. The van der Waals surface area contributed by atoms with Crippen LogP contribution in [0.4, 0.5) is 5.69 Å². The summed E-state index contributed by atoms with van der Waals surface area (Å²) in [4.78, 5) is 19.5. The van der Waals surface area contributed by atoms with Crippen LogP contribution in [0.15, 0.2) is 71.4 Å². The van der Waals surface area contributed by atoms with Crippen molar-refractivity contribution in [1.82, 2.24) is 14.5 Å². The maximum atomic E-state index is 12.9. The van der Waals surface area contributed by atoms with Crippen LogP contribution in [-0.4, -0.2) is 33.4 Å². The smallest absolute Gasteiger partial charge is 0.228 e. The van der Waals surface area contributed by atoms with Gasteiger partial charge >= 0.3 is 0 Å². The highest BCUT2D eigenvalue weighted by Gasteiger charge is 2.26. The van der Waals surface area contributed by atoms with E-state index in [1.807, 2.05) is 60.2 Å². The van der Waals surface area contributed by atoms with Gasteiger partial charge in [-0.2, -0.15) is 0 Å². The number of likely N-dealkylation sites (tertiary alicyclic amines) is 1. The molecule has 1 amide bonds. The number of aromatic nitrogens is 2. The number of benzene rings is 2. The third-order valence-corrected chi connectivity index (χ3v) is 5.97. The molecule has 3 heterocycles. The molecule has 0 saturated carbocycles.